The molecule has 0 aromatic carbocycles. The molecule has 3 atom stereocenters. The molecule has 0 bridgehead atoms. The number of carboxylic acid groups (broad SMARTS) is 1. The minimum absolute atomic E-state index is 0.0108. The smallest absolute Gasteiger partial charge is 0.435 e. The monoisotopic (exact) mass is 365 g/mol. The van der Waals surface area contributed by atoms with Crippen molar-refractivity contribution in [3.05, 3.63) is 0 Å². The molecule has 0 spiro atoms. The van der Waals surface area contributed by atoms with E-state index in [1.165, 1.54) is 6.92 Å². The van der Waals surface area contributed by atoms with Crippen LogP contribution in [0.2, 0.25) is 0 Å². The predicted molar refractivity (Wildman–Crippen MR) is 75.0 cm³/mol. The fourth-order valence-electron chi connectivity index (χ4n) is 2.34. The number of hydrogen-bond donors (Lipinski definition) is 4. The number of β-lactam (4-membered cyclic amide) rings is 1. The van der Waals surface area contributed by atoms with Gasteiger partial charge in [0.25, 0.3) is 11.8 Å². The molecule has 14 heteroatoms. The first-order valence-electron chi connectivity index (χ1n) is 6.73. The van der Waals surface area contributed by atoms with Crippen LogP contribution in [0.15, 0.2) is 0 Å². The molecule has 2 unspecified atom stereocenters. The summed E-state index contributed by atoms with van der Waals surface area (Å²) in [5, 5.41) is 11.3. The summed E-state index contributed by atoms with van der Waals surface area (Å²) in [6.45, 7) is 0.551. The lowest BCUT2D eigenvalue weighted by Crippen LogP contribution is -2.68. The highest BCUT2D eigenvalue weighted by Gasteiger charge is 2.54. The Morgan fingerprint density at radius 1 is 1.42 bits per heavy atom. The zero-order valence-electron chi connectivity index (χ0n) is 12.5. The molecule has 2 heterocycles. The van der Waals surface area contributed by atoms with Crippen LogP contribution in [0.3, 0.4) is 0 Å². The van der Waals surface area contributed by atoms with Gasteiger partial charge in [0.05, 0.1) is 12.6 Å². The van der Waals surface area contributed by atoms with Gasteiger partial charge in [-0.2, -0.15) is 0 Å². The van der Waals surface area contributed by atoms with Crippen molar-refractivity contribution in [3.63, 3.8) is 0 Å². The van der Waals surface area contributed by atoms with Crippen molar-refractivity contribution in [3.8, 4) is 0 Å². The molecule has 5 amide bonds. The molecule has 2 aliphatic rings. The third-order valence-electron chi connectivity index (χ3n) is 3.61. The zero-order valence-corrected chi connectivity index (χ0v) is 13.4. The Balaban J connectivity index is 1.94. The van der Waals surface area contributed by atoms with Crippen LogP contribution in [-0.4, -0.2) is 80.3 Å². The van der Waals surface area contributed by atoms with Crippen LogP contribution >= 0.6 is 7.75 Å². The number of nitrogens with two attached hydrogens (primary N) is 1. The molecule has 2 saturated heterocycles. The number of nitrogens with zero attached hydrogens (tertiary/aromatic N) is 3. The largest absolute Gasteiger partial charge is 0.465 e. The van der Waals surface area contributed by atoms with E-state index in [0.717, 1.165) is 9.91 Å². The van der Waals surface area contributed by atoms with E-state index in [0.29, 0.717) is 4.67 Å². The van der Waals surface area contributed by atoms with E-state index >= 15 is 0 Å². The molecule has 0 aromatic heterocycles. The molecule has 13 nitrogen and oxygen atoms in total. The van der Waals surface area contributed by atoms with E-state index in [1.54, 1.807) is 0 Å². The number of nitrogens with one attached hydrogen (secondary N) is 1. The summed E-state index contributed by atoms with van der Waals surface area (Å²) in [6, 6.07) is -2.88. The standard InChI is InChI=1S/C10H16N5O8P/c1-5-7(12-9(18)19)8(17)15(5)24(21,22)23-4-6(16)13-2-3-14(11)10(13)20/h5,7,12H,2-4,11H2,1H3,(H,18,19)(H,21,22)/t5-,7?/m0/s1. The minimum Gasteiger partial charge on any atom is -0.465 e. The molecule has 2 rings (SSSR count). The Morgan fingerprint density at radius 2 is 2.04 bits per heavy atom. The summed E-state index contributed by atoms with van der Waals surface area (Å²) in [5.41, 5.74) is 0. The fraction of sp³-hybridized carbons (Fsp3) is 0.600. The zero-order chi connectivity index (χ0) is 18.2. The second kappa shape index (κ2) is 6.36. The van der Waals surface area contributed by atoms with E-state index in [9.17, 15) is 28.6 Å². The lowest BCUT2D eigenvalue weighted by molar-refractivity contribution is -0.143. The van der Waals surface area contributed by atoms with Crippen LogP contribution in [0, 0.1) is 0 Å². The summed E-state index contributed by atoms with van der Waals surface area (Å²) in [7, 11) is -4.67. The molecule has 0 saturated carbocycles. The van der Waals surface area contributed by atoms with E-state index in [4.69, 9.17) is 10.9 Å². The van der Waals surface area contributed by atoms with Crippen LogP contribution in [0.1, 0.15) is 6.92 Å². The number of rotatable bonds is 5. The van der Waals surface area contributed by atoms with Crippen LogP contribution in [0.4, 0.5) is 9.59 Å². The van der Waals surface area contributed by atoms with Gasteiger partial charge in [0.1, 0.15) is 12.6 Å². The molecule has 0 aromatic rings. The lowest BCUT2D eigenvalue weighted by Gasteiger charge is -2.45. The maximum absolute atomic E-state index is 12.1. The topological polar surface area (TPSA) is 183 Å². The Hall–Kier alpha value is -2.21. The van der Waals surface area contributed by atoms with Crippen LogP contribution in [0.25, 0.3) is 0 Å². The third kappa shape index (κ3) is 3.19. The molecular weight excluding hydrogens is 349 g/mol. The van der Waals surface area contributed by atoms with Crippen molar-refractivity contribution in [2.45, 2.75) is 19.0 Å². The number of carbonyl (C=O) groups excluding carboxylic acids is 3. The normalized spacial score (nSPS) is 26.2. The van der Waals surface area contributed by atoms with Gasteiger partial charge in [0.2, 0.25) is 0 Å². The molecule has 2 aliphatic heterocycles. The molecule has 0 aliphatic carbocycles. The van der Waals surface area contributed by atoms with E-state index in [1.807, 2.05) is 5.32 Å². The Labute approximate surface area is 135 Å². The first kappa shape index (κ1) is 18.1. The predicted octanol–water partition coefficient (Wildman–Crippen LogP) is -1.89. The molecule has 24 heavy (non-hydrogen) atoms. The summed E-state index contributed by atoms with van der Waals surface area (Å²) < 4.78 is 17.2. The van der Waals surface area contributed by atoms with Crippen molar-refractivity contribution < 1.29 is 38.3 Å². The number of carbonyl (C=O) groups is 4. The quantitative estimate of drug-likeness (QED) is 0.187. The van der Waals surface area contributed by atoms with Gasteiger partial charge >= 0.3 is 19.9 Å². The number of hydrazine groups is 1. The van der Waals surface area contributed by atoms with Crippen LogP contribution in [-0.2, 0) is 18.7 Å². The first-order valence-corrected chi connectivity index (χ1v) is 8.26. The average molecular weight is 365 g/mol. The van der Waals surface area contributed by atoms with Crippen molar-refractivity contribution in [1.29, 1.82) is 0 Å². The third-order valence-corrected chi connectivity index (χ3v) is 5.18. The average Bonchev–Trinajstić information content (AvgIpc) is 2.82. The van der Waals surface area contributed by atoms with Crippen molar-refractivity contribution in [2.75, 3.05) is 19.7 Å². The number of amides is 5. The van der Waals surface area contributed by atoms with Crippen molar-refractivity contribution in [2.24, 2.45) is 5.84 Å². The van der Waals surface area contributed by atoms with Gasteiger partial charge in [-0.1, -0.05) is 0 Å². The lowest BCUT2D eigenvalue weighted by atomic mass is 10.0. The second-order valence-electron chi connectivity index (χ2n) is 5.14. The fourth-order valence-corrected chi connectivity index (χ4v) is 3.71. The van der Waals surface area contributed by atoms with Gasteiger partial charge in [0.15, 0.2) is 0 Å². The molecule has 2 fully saturated rings. The highest BCUT2D eigenvalue weighted by atomic mass is 31.2. The summed E-state index contributed by atoms with van der Waals surface area (Å²) in [5.74, 6) is 3.46. The number of urea groups is 1. The van der Waals surface area contributed by atoms with E-state index in [2.05, 4.69) is 4.52 Å². The molecular formula is C10H16N5O8P. The number of hydrogen-bond acceptors (Lipinski definition) is 7. The Morgan fingerprint density at radius 3 is 2.50 bits per heavy atom. The van der Waals surface area contributed by atoms with Gasteiger partial charge in [-0.25, -0.2) is 24.7 Å². The summed E-state index contributed by atoms with van der Waals surface area (Å²) in [6.07, 6.45) is -1.46. The van der Waals surface area contributed by atoms with Gasteiger partial charge < -0.3 is 15.3 Å². The number of imide groups is 1. The van der Waals surface area contributed by atoms with Crippen molar-refractivity contribution >= 4 is 31.7 Å². The van der Waals surface area contributed by atoms with Gasteiger partial charge in [-0.3, -0.25) is 24.0 Å². The van der Waals surface area contributed by atoms with Gasteiger partial charge in [-0.05, 0) is 6.92 Å². The Bertz CT molecular complexity index is 641. The molecule has 0 radical (unpaired) electrons. The molecule has 5 N–H and O–H groups in total. The second-order valence-corrected chi connectivity index (χ2v) is 6.81. The first-order chi connectivity index (χ1) is 11.1. The maximum Gasteiger partial charge on any atom is 0.435 e. The highest BCUT2D eigenvalue weighted by Crippen LogP contribution is 2.52. The van der Waals surface area contributed by atoms with Crippen LogP contribution in [0.5, 0.6) is 0 Å². The highest BCUT2D eigenvalue weighted by molar-refractivity contribution is 7.51. The van der Waals surface area contributed by atoms with Gasteiger partial charge in [0, 0.05) is 6.54 Å². The minimum atomic E-state index is -4.67. The Kier molecular flexibility index (Phi) is 4.80. The van der Waals surface area contributed by atoms with Gasteiger partial charge in [-0.15, -0.1) is 0 Å². The van der Waals surface area contributed by atoms with E-state index < -0.39 is 50.4 Å². The SMILES string of the molecule is C[C@H]1C(NC(=O)O)C(=O)N1P(=O)(O)OCC(=O)N1CCN(N)C1=O. The summed E-state index contributed by atoms with van der Waals surface area (Å²) >= 11 is 0. The maximum atomic E-state index is 12.1. The summed E-state index contributed by atoms with van der Waals surface area (Å²) in [4.78, 5) is 56.2. The van der Waals surface area contributed by atoms with E-state index in [-0.39, 0.29) is 13.1 Å². The molecule has 134 valence electrons. The van der Waals surface area contributed by atoms with Crippen molar-refractivity contribution in [1.82, 2.24) is 19.9 Å². The van der Waals surface area contributed by atoms with Crippen LogP contribution < -0.4 is 11.2 Å².